The van der Waals surface area contributed by atoms with Crippen LogP contribution in [0.15, 0.2) is 18.5 Å². The van der Waals surface area contributed by atoms with Gasteiger partial charge in [0, 0.05) is 24.3 Å². The quantitative estimate of drug-likeness (QED) is 0.664. The summed E-state index contributed by atoms with van der Waals surface area (Å²) < 4.78 is 5.53. The van der Waals surface area contributed by atoms with E-state index in [1.54, 1.807) is 12.3 Å². The van der Waals surface area contributed by atoms with Crippen LogP contribution in [0.4, 0.5) is 16.2 Å². The molecule has 25 heavy (non-hydrogen) atoms. The maximum Gasteiger partial charge on any atom is 0.410 e. The van der Waals surface area contributed by atoms with E-state index in [0.717, 1.165) is 25.7 Å². The fourth-order valence-corrected chi connectivity index (χ4v) is 3.78. The molecule has 2 aliphatic heterocycles. The van der Waals surface area contributed by atoms with E-state index in [1.807, 2.05) is 25.7 Å². The number of pyridine rings is 1. The summed E-state index contributed by atoms with van der Waals surface area (Å²) in [5.41, 5.74) is -0.0527. The zero-order chi connectivity index (χ0) is 18.2. The van der Waals surface area contributed by atoms with Crippen molar-refractivity contribution in [3.8, 4) is 0 Å². The minimum Gasteiger partial charge on any atom is -0.444 e. The number of piperidine rings is 1. The number of fused-ring (bicyclic) bond motifs is 2. The lowest BCUT2D eigenvalue weighted by Gasteiger charge is -2.39. The minimum absolute atomic E-state index is 0.0237. The van der Waals surface area contributed by atoms with E-state index < -0.39 is 10.5 Å². The second-order valence-electron chi connectivity index (χ2n) is 7.74. The Kier molecular flexibility index (Phi) is 4.53. The minimum atomic E-state index is -0.511. The number of nitrogens with zero attached hydrogens (tertiary/aromatic N) is 3. The van der Waals surface area contributed by atoms with Crippen LogP contribution in [0.3, 0.4) is 0 Å². The third-order valence-electron chi connectivity index (χ3n) is 4.69. The fraction of sp³-hybridized carbons (Fsp3) is 0.647. The zero-order valence-corrected chi connectivity index (χ0v) is 14.8. The Morgan fingerprint density at radius 3 is 2.56 bits per heavy atom. The Balaban J connectivity index is 1.68. The molecule has 0 aromatic carbocycles. The summed E-state index contributed by atoms with van der Waals surface area (Å²) in [5.74, 6) is 0. The van der Waals surface area contributed by atoms with Gasteiger partial charge in [0.1, 0.15) is 17.5 Å². The van der Waals surface area contributed by atoms with Crippen molar-refractivity contribution in [1.29, 1.82) is 0 Å². The molecule has 3 heterocycles. The first-order chi connectivity index (χ1) is 11.7. The number of carbonyl (C=O) groups excluding carboxylic acids is 1. The van der Waals surface area contributed by atoms with Crippen molar-refractivity contribution in [2.24, 2.45) is 0 Å². The van der Waals surface area contributed by atoms with Crippen molar-refractivity contribution >= 4 is 17.5 Å². The van der Waals surface area contributed by atoms with Gasteiger partial charge in [-0.05, 0) is 52.5 Å². The molecule has 0 spiro atoms. The summed E-state index contributed by atoms with van der Waals surface area (Å²) in [4.78, 5) is 28.9. The second-order valence-corrected chi connectivity index (χ2v) is 7.74. The summed E-state index contributed by atoms with van der Waals surface area (Å²) >= 11 is 0. The number of rotatable bonds is 3. The predicted molar refractivity (Wildman–Crippen MR) is 92.4 cm³/mol. The second kappa shape index (κ2) is 6.50. The molecular formula is C17H24N4O4. The van der Waals surface area contributed by atoms with Crippen LogP contribution in [0.1, 0.15) is 46.5 Å². The largest absolute Gasteiger partial charge is 0.444 e. The highest BCUT2D eigenvalue weighted by molar-refractivity contribution is 5.70. The molecule has 136 valence electrons. The molecule has 2 fully saturated rings. The van der Waals surface area contributed by atoms with Gasteiger partial charge in [-0.2, -0.15) is 0 Å². The smallest absolute Gasteiger partial charge is 0.410 e. The first-order valence-electron chi connectivity index (χ1n) is 8.61. The molecule has 0 aliphatic carbocycles. The lowest BCUT2D eigenvalue weighted by Crippen LogP contribution is -2.51. The molecule has 1 N–H and O–H groups in total. The third kappa shape index (κ3) is 3.83. The van der Waals surface area contributed by atoms with E-state index >= 15 is 0 Å². The third-order valence-corrected chi connectivity index (χ3v) is 4.69. The van der Waals surface area contributed by atoms with Crippen LogP contribution in [0, 0.1) is 10.1 Å². The predicted octanol–water partition coefficient (Wildman–Crippen LogP) is 3.33. The average molecular weight is 348 g/mol. The van der Waals surface area contributed by atoms with Crippen LogP contribution in [-0.2, 0) is 4.74 Å². The number of hydrogen-bond acceptors (Lipinski definition) is 6. The van der Waals surface area contributed by atoms with Crippen LogP contribution in [0.2, 0.25) is 0 Å². The Bertz CT molecular complexity index is 659. The van der Waals surface area contributed by atoms with E-state index in [2.05, 4.69) is 10.3 Å². The molecule has 2 saturated heterocycles. The SMILES string of the molecule is CC(C)(C)OC(=O)N1[C@@H]2CC[C@H]1CC(Nc1ccncc1[N+](=O)[O-])C2. The van der Waals surface area contributed by atoms with Crippen molar-refractivity contribution in [2.45, 2.75) is 70.2 Å². The Hall–Kier alpha value is -2.38. The molecule has 8 heteroatoms. The molecule has 1 unspecified atom stereocenters. The first kappa shape index (κ1) is 17.4. The van der Waals surface area contributed by atoms with E-state index in [-0.39, 0.29) is 29.9 Å². The number of carbonyl (C=O) groups is 1. The summed E-state index contributed by atoms with van der Waals surface area (Å²) in [6.45, 7) is 5.59. The van der Waals surface area contributed by atoms with Crippen molar-refractivity contribution in [1.82, 2.24) is 9.88 Å². The van der Waals surface area contributed by atoms with Crippen LogP contribution in [0.5, 0.6) is 0 Å². The molecule has 1 aromatic rings. The van der Waals surface area contributed by atoms with Crippen LogP contribution < -0.4 is 5.32 Å². The summed E-state index contributed by atoms with van der Waals surface area (Å²) in [7, 11) is 0. The van der Waals surface area contributed by atoms with E-state index in [9.17, 15) is 14.9 Å². The number of ether oxygens (including phenoxy) is 1. The highest BCUT2D eigenvalue weighted by Crippen LogP contribution is 2.38. The number of nitro groups is 1. The molecule has 1 aromatic heterocycles. The topological polar surface area (TPSA) is 97.6 Å². The molecular weight excluding hydrogens is 324 g/mol. The van der Waals surface area contributed by atoms with Crippen LogP contribution >= 0.6 is 0 Å². The molecule has 2 aliphatic rings. The van der Waals surface area contributed by atoms with Gasteiger partial charge >= 0.3 is 11.8 Å². The van der Waals surface area contributed by atoms with Gasteiger partial charge in [0.2, 0.25) is 0 Å². The lowest BCUT2D eigenvalue weighted by molar-refractivity contribution is -0.384. The van der Waals surface area contributed by atoms with Gasteiger partial charge in [0.25, 0.3) is 0 Å². The number of hydrogen-bond donors (Lipinski definition) is 1. The summed E-state index contributed by atoms with van der Waals surface area (Å²) in [5, 5.41) is 14.4. The average Bonchev–Trinajstić information content (AvgIpc) is 2.78. The molecule has 8 nitrogen and oxygen atoms in total. The molecule has 3 rings (SSSR count). The van der Waals surface area contributed by atoms with E-state index in [0.29, 0.717) is 5.69 Å². The standard InChI is InChI=1S/C17H24N4O4/c1-17(2,3)25-16(22)20-12-4-5-13(20)9-11(8-12)19-14-6-7-18-10-15(14)21(23)24/h6-7,10-13H,4-5,8-9H2,1-3H3,(H,18,19)/t11?,12-,13+. The Morgan fingerprint density at radius 2 is 2.00 bits per heavy atom. The molecule has 2 bridgehead atoms. The van der Waals surface area contributed by atoms with Gasteiger partial charge < -0.3 is 15.0 Å². The van der Waals surface area contributed by atoms with Crippen molar-refractivity contribution in [3.05, 3.63) is 28.6 Å². The summed E-state index contributed by atoms with van der Waals surface area (Å²) in [6, 6.07) is 1.96. The molecule has 3 atom stereocenters. The Labute approximate surface area is 146 Å². The van der Waals surface area contributed by atoms with Gasteiger partial charge in [-0.15, -0.1) is 0 Å². The number of amides is 1. The molecule has 0 saturated carbocycles. The van der Waals surface area contributed by atoms with Crippen molar-refractivity contribution in [2.75, 3.05) is 5.32 Å². The van der Waals surface area contributed by atoms with Gasteiger partial charge in [-0.3, -0.25) is 15.1 Å². The van der Waals surface area contributed by atoms with Gasteiger partial charge in [0.15, 0.2) is 0 Å². The fourth-order valence-electron chi connectivity index (χ4n) is 3.78. The Morgan fingerprint density at radius 1 is 1.36 bits per heavy atom. The normalized spacial score (nSPS) is 25.6. The number of aromatic nitrogens is 1. The highest BCUT2D eigenvalue weighted by atomic mass is 16.6. The van der Waals surface area contributed by atoms with Gasteiger partial charge in [-0.1, -0.05) is 0 Å². The van der Waals surface area contributed by atoms with Crippen molar-refractivity contribution < 1.29 is 14.5 Å². The summed E-state index contributed by atoms with van der Waals surface area (Å²) in [6.07, 6.45) is 5.95. The van der Waals surface area contributed by atoms with Crippen LogP contribution in [-0.4, -0.2) is 44.6 Å². The van der Waals surface area contributed by atoms with E-state index in [4.69, 9.17) is 4.74 Å². The number of nitrogens with one attached hydrogen (secondary N) is 1. The van der Waals surface area contributed by atoms with Gasteiger partial charge in [0.05, 0.1) is 4.92 Å². The molecule has 0 radical (unpaired) electrons. The number of anilines is 1. The molecule has 1 amide bonds. The zero-order valence-electron chi connectivity index (χ0n) is 14.8. The maximum atomic E-state index is 12.5. The monoisotopic (exact) mass is 348 g/mol. The first-order valence-corrected chi connectivity index (χ1v) is 8.61. The van der Waals surface area contributed by atoms with E-state index in [1.165, 1.54) is 6.20 Å². The maximum absolute atomic E-state index is 12.5. The van der Waals surface area contributed by atoms with Gasteiger partial charge in [-0.25, -0.2) is 4.79 Å². The highest BCUT2D eigenvalue weighted by Gasteiger charge is 2.45. The van der Waals surface area contributed by atoms with Crippen molar-refractivity contribution in [3.63, 3.8) is 0 Å². The van der Waals surface area contributed by atoms with Crippen LogP contribution in [0.25, 0.3) is 0 Å². The lowest BCUT2D eigenvalue weighted by atomic mass is 9.97.